The van der Waals surface area contributed by atoms with Gasteiger partial charge in [0.1, 0.15) is 5.82 Å². The molecule has 16 heavy (non-hydrogen) atoms. The van der Waals surface area contributed by atoms with Crippen LogP contribution in [0.5, 0.6) is 0 Å². The van der Waals surface area contributed by atoms with Crippen molar-refractivity contribution in [2.45, 2.75) is 19.9 Å². The molecule has 4 heteroatoms. The normalized spacial score (nSPS) is 18.1. The molecule has 0 saturated carbocycles. The van der Waals surface area contributed by atoms with Crippen LogP contribution in [0.2, 0.25) is 5.02 Å². The Balaban J connectivity index is 1.96. The van der Waals surface area contributed by atoms with E-state index in [-0.39, 0.29) is 0 Å². The summed E-state index contributed by atoms with van der Waals surface area (Å²) in [5.74, 6) is 1.04. The minimum atomic E-state index is 0.639. The molecule has 3 nitrogen and oxygen atoms in total. The van der Waals surface area contributed by atoms with Crippen LogP contribution < -0.4 is 4.90 Å². The molecular weight excluding hydrogens is 222 g/mol. The summed E-state index contributed by atoms with van der Waals surface area (Å²) in [6, 6.07) is 4.53. The summed E-state index contributed by atoms with van der Waals surface area (Å²) in [5, 5.41) is 0.699. The first-order chi connectivity index (χ1) is 7.66. The summed E-state index contributed by atoms with van der Waals surface area (Å²) >= 11 is 5.83. The van der Waals surface area contributed by atoms with Gasteiger partial charge in [-0.1, -0.05) is 11.6 Å². The zero-order valence-corrected chi connectivity index (χ0v) is 10.6. The van der Waals surface area contributed by atoms with Gasteiger partial charge in [-0.25, -0.2) is 4.98 Å². The summed E-state index contributed by atoms with van der Waals surface area (Å²) in [4.78, 5) is 9.15. The Morgan fingerprint density at radius 1 is 1.19 bits per heavy atom. The minimum absolute atomic E-state index is 0.639. The molecule has 1 aliphatic rings. The number of anilines is 1. The molecule has 88 valence electrons. The standard InChI is InChI=1S/C12H18ClN3/c1-10(2)15-5-7-16(8-6-15)12-4-3-11(13)9-14-12/h3-4,9-10H,5-8H2,1-2H3. The molecule has 1 saturated heterocycles. The van der Waals surface area contributed by atoms with Crippen molar-refractivity contribution in [3.63, 3.8) is 0 Å². The Hall–Kier alpha value is -0.800. The second kappa shape index (κ2) is 5.02. The van der Waals surface area contributed by atoms with E-state index in [1.54, 1.807) is 6.20 Å². The van der Waals surface area contributed by atoms with Gasteiger partial charge >= 0.3 is 0 Å². The van der Waals surface area contributed by atoms with Crippen LogP contribution in [0.4, 0.5) is 5.82 Å². The maximum absolute atomic E-state index is 5.83. The number of hydrogen-bond donors (Lipinski definition) is 0. The molecule has 2 rings (SSSR count). The van der Waals surface area contributed by atoms with Crippen LogP contribution in [0.15, 0.2) is 18.3 Å². The van der Waals surface area contributed by atoms with Gasteiger partial charge in [-0.15, -0.1) is 0 Å². The van der Waals surface area contributed by atoms with Gasteiger partial charge in [-0.05, 0) is 26.0 Å². The molecule has 0 unspecified atom stereocenters. The number of aromatic nitrogens is 1. The number of hydrogen-bond acceptors (Lipinski definition) is 3. The molecule has 0 atom stereocenters. The van der Waals surface area contributed by atoms with E-state index in [2.05, 4.69) is 28.6 Å². The highest BCUT2D eigenvalue weighted by Crippen LogP contribution is 2.16. The molecule has 1 aromatic rings. The predicted octanol–water partition coefficient (Wildman–Crippen LogP) is 2.27. The summed E-state index contributed by atoms with van der Waals surface area (Å²) in [7, 11) is 0. The number of rotatable bonds is 2. The third-order valence-electron chi connectivity index (χ3n) is 3.08. The van der Waals surface area contributed by atoms with E-state index in [0.717, 1.165) is 32.0 Å². The van der Waals surface area contributed by atoms with Gasteiger partial charge in [0.2, 0.25) is 0 Å². The maximum atomic E-state index is 5.83. The molecule has 1 aromatic heterocycles. The van der Waals surface area contributed by atoms with E-state index in [1.165, 1.54) is 0 Å². The maximum Gasteiger partial charge on any atom is 0.128 e. The van der Waals surface area contributed by atoms with E-state index < -0.39 is 0 Å². The first kappa shape index (κ1) is 11.7. The van der Waals surface area contributed by atoms with Crippen molar-refractivity contribution in [2.24, 2.45) is 0 Å². The molecule has 0 bridgehead atoms. The molecule has 1 fully saturated rings. The van der Waals surface area contributed by atoms with E-state index in [9.17, 15) is 0 Å². The van der Waals surface area contributed by atoms with E-state index >= 15 is 0 Å². The van der Waals surface area contributed by atoms with Gasteiger partial charge in [0.25, 0.3) is 0 Å². The monoisotopic (exact) mass is 239 g/mol. The Morgan fingerprint density at radius 3 is 2.38 bits per heavy atom. The first-order valence-corrected chi connectivity index (χ1v) is 6.15. The highest BCUT2D eigenvalue weighted by atomic mass is 35.5. The number of pyridine rings is 1. The second-order valence-corrected chi connectivity index (χ2v) is 4.89. The fraction of sp³-hybridized carbons (Fsp3) is 0.583. The quantitative estimate of drug-likeness (QED) is 0.789. The van der Waals surface area contributed by atoms with E-state index in [0.29, 0.717) is 11.1 Å². The largest absolute Gasteiger partial charge is 0.354 e. The smallest absolute Gasteiger partial charge is 0.128 e. The zero-order chi connectivity index (χ0) is 11.5. The first-order valence-electron chi connectivity index (χ1n) is 5.77. The Labute approximate surface area is 102 Å². The molecule has 0 spiro atoms. The number of halogens is 1. The average molecular weight is 240 g/mol. The molecule has 0 aromatic carbocycles. The van der Waals surface area contributed by atoms with Gasteiger partial charge in [0.15, 0.2) is 0 Å². The lowest BCUT2D eigenvalue weighted by atomic mass is 10.2. The average Bonchev–Trinajstić information content (AvgIpc) is 2.30. The highest BCUT2D eigenvalue weighted by Gasteiger charge is 2.19. The molecule has 0 radical (unpaired) electrons. The predicted molar refractivity (Wildman–Crippen MR) is 68.2 cm³/mol. The van der Waals surface area contributed by atoms with Crippen molar-refractivity contribution in [3.05, 3.63) is 23.4 Å². The SMILES string of the molecule is CC(C)N1CCN(c2ccc(Cl)cn2)CC1. The van der Waals surface area contributed by atoms with Crippen molar-refractivity contribution < 1.29 is 0 Å². The van der Waals surface area contributed by atoms with Crippen molar-refractivity contribution >= 4 is 17.4 Å². The summed E-state index contributed by atoms with van der Waals surface area (Å²) in [6.45, 7) is 8.82. The van der Waals surface area contributed by atoms with Crippen molar-refractivity contribution in [1.82, 2.24) is 9.88 Å². The molecular formula is C12H18ClN3. The summed E-state index contributed by atoms with van der Waals surface area (Å²) < 4.78 is 0. The summed E-state index contributed by atoms with van der Waals surface area (Å²) in [5.41, 5.74) is 0. The lowest BCUT2D eigenvalue weighted by Gasteiger charge is -2.37. The fourth-order valence-corrected chi connectivity index (χ4v) is 2.13. The summed E-state index contributed by atoms with van der Waals surface area (Å²) in [6.07, 6.45) is 1.71. The van der Waals surface area contributed by atoms with Crippen LogP contribution in [-0.2, 0) is 0 Å². The van der Waals surface area contributed by atoms with Gasteiger partial charge in [0, 0.05) is 38.4 Å². The van der Waals surface area contributed by atoms with Gasteiger partial charge in [0.05, 0.1) is 5.02 Å². The third kappa shape index (κ3) is 2.66. The second-order valence-electron chi connectivity index (χ2n) is 4.45. The molecule has 2 heterocycles. The minimum Gasteiger partial charge on any atom is -0.354 e. The van der Waals surface area contributed by atoms with E-state index in [1.807, 2.05) is 12.1 Å². The molecule has 0 N–H and O–H groups in total. The van der Waals surface area contributed by atoms with Crippen molar-refractivity contribution in [3.8, 4) is 0 Å². The molecule has 1 aliphatic heterocycles. The lowest BCUT2D eigenvalue weighted by Crippen LogP contribution is -2.49. The Kier molecular flexibility index (Phi) is 3.66. The fourth-order valence-electron chi connectivity index (χ4n) is 2.02. The Morgan fingerprint density at radius 2 is 1.88 bits per heavy atom. The molecule has 0 amide bonds. The number of piperazine rings is 1. The van der Waals surface area contributed by atoms with Gasteiger partial charge < -0.3 is 4.90 Å². The van der Waals surface area contributed by atoms with Crippen LogP contribution in [0.25, 0.3) is 0 Å². The molecule has 0 aliphatic carbocycles. The van der Waals surface area contributed by atoms with Gasteiger partial charge in [-0.3, -0.25) is 4.90 Å². The third-order valence-corrected chi connectivity index (χ3v) is 3.30. The zero-order valence-electron chi connectivity index (χ0n) is 9.86. The van der Waals surface area contributed by atoms with Crippen LogP contribution in [0.1, 0.15) is 13.8 Å². The van der Waals surface area contributed by atoms with Crippen LogP contribution in [0.3, 0.4) is 0 Å². The van der Waals surface area contributed by atoms with Crippen molar-refractivity contribution in [1.29, 1.82) is 0 Å². The van der Waals surface area contributed by atoms with Crippen LogP contribution in [0, 0.1) is 0 Å². The Bertz CT molecular complexity index is 329. The topological polar surface area (TPSA) is 19.4 Å². The number of nitrogens with zero attached hydrogens (tertiary/aromatic N) is 3. The van der Waals surface area contributed by atoms with Crippen molar-refractivity contribution in [2.75, 3.05) is 31.1 Å². The van der Waals surface area contributed by atoms with Crippen LogP contribution >= 0.6 is 11.6 Å². The van der Waals surface area contributed by atoms with Crippen LogP contribution in [-0.4, -0.2) is 42.1 Å². The van der Waals surface area contributed by atoms with E-state index in [4.69, 9.17) is 11.6 Å². The lowest BCUT2D eigenvalue weighted by molar-refractivity contribution is 0.209. The highest BCUT2D eigenvalue weighted by molar-refractivity contribution is 6.30. The van der Waals surface area contributed by atoms with Gasteiger partial charge in [-0.2, -0.15) is 0 Å².